The van der Waals surface area contributed by atoms with Crippen molar-refractivity contribution in [2.24, 2.45) is 0 Å². The third-order valence-corrected chi connectivity index (χ3v) is 3.86. The van der Waals surface area contributed by atoms with Crippen molar-refractivity contribution in [1.29, 1.82) is 0 Å². The van der Waals surface area contributed by atoms with Crippen molar-refractivity contribution in [3.8, 4) is 0 Å². The molecule has 4 nitrogen and oxygen atoms in total. The van der Waals surface area contributed by atoms with Crippen LogP contribution in [-0.4, -0.2) is 23.2 Å². The topological polar surface area (TPSA) is 60.2 Å². The first-order valence-corrected chi connectivity index (χ1v) is 7.09. The second-order valence-corrected chi connectivity index (χ2v) is 6.04. The molecular formula is C16H21N3O. The molecule has 1 aliphatic heterocycles. The van der Waals surface area contributed by atoms with Crippen LogP contribution in [0.15, 0.2) is 30.5 Å². The molecule has 1 unspecified atom stereocenters. The van der Waals surface area contributed by atoms with Gasteiger partial charge in [-0.15, -0.1) is 0 Å². The van der Waals surface area contributed by atoms with E-state index >= 15 is 0 Å². The molecule has 1 fully saturated rings. The second kappa shape index (κ2) is 4.94. The largest absolute Gasteiger partial charge is 0.397 e. The van der Waals surface area contributed by atoms with Gasteiger partial charge in [0.2, 0.25) is 0 Å². The summed E-state index contributed by atoms with van der Waals surface area (Å²) in [7, 11) is 0. The monoisotopic (exact) mass is 271 g/mol. The minimum atomic E-state index is -0.0578. The zero-order valence-corrected chi connectivity index (χ0v) is 12.0. The fourth-order valence-electron chi connectivity index (χ4n) is 2.90. The van der Waals surface area contributed by atoms with Crippen molar-refractivity contribution in [3.63, 3.8) is 0 Å². The summed E-state index contributed by atoms with van der Waals surface area (Å²) in [6.45, 7) is 5.09. The number of nitrogen functional groups attached to an aromatic ring is 1. The van der Waals surface area contributed by atoms with Gasteiger partial charge in [0, 0.05) is 29.9 Å². The molecule has 0 spiro atoms. The lowest BCUT2D eigenvalue weighted by Gasteiger charge is -2.36. The minimum absolute atomic E-state index is 0.0578. The highest BCUT2D eigenvalue weighted by Gasteiger charge is 2.28. The predicted molar refractivity (Wildman–Crippen MR) is 82.8 cm³/mol. The Morgan fingerprint density at radius 1 is 1.35 bits per heavy atom. The summed E-state index contributed by atoms with van der Waals surface area (Å²) >= 11 is 0. The Bertz CT molecular complexity index is 624. The molecule has 2 aromatic rings. The van der Waals surface area contributed by atoms with Crippen LogP contribution in [0.3, 0.4) is 0 Å². The second-order valence-electron chi connectivity index (χ2n) is 6.04. The summed E-state index contributed by atoms with van der Waals surface area (Å²) in [6, 6.07) is 8.36. The van der Waals surface area contributed by atoms with Gasteiger partial charge in [0.05, 0.1) is 16.8 Å². The van der Waals surface area contributed by atoms with Gasteiger partial charge in [0.1, 0.15) is 0 Å². The first-order valence-electron chi connectivity index (χ1n) is 7.09. The molecule has 1 saturated heterocycles. The molecule has 4 heteroatoms. The molecule has 106 valence electrons. The summed E-state index contributed by atoms with van der Waals surface area (Å²) in [5.74, 6) is 0. The van der Waals surface area contributed by atoms with E-state index in [2.05, 4.69) is 30.2 Å². The quantitative estimate of drug-likeness (QED) is 0.824. The summed E-state index contributed by atoms with van der Waals surface area (Å²) in [5.41, 5.74) is 8.62. The molecule has 2 heterocycles. The average molecular weight is 271 g/mol. The Morgan fingerprint density at radius 3 is 3.00 bits per heavy atom. The molecule has 0 amide bonds. The van der Waals surface area contributed by atoms with Crippen LogP contribution in [0.25, 0.3) is 10.9 Å². The van der Waals surface area contributed by atoms with Crippen LogP contribution >= 0.6 is 0 Å². The number of nitrogens with two attached hydrogens (primary N) is 1. The van der Waals surface area contributed by atoms with E-state index in [1.807, 2.05) is 24.4 Å². The highest BCUT2D eigenvalue weighted by Crippen LogP contribution is 2.30. The van der Waals surface area contributed by atoms with Gasteiger partial charge in [-0.25, -0.2) is 0 Å². The van der Waals surface area contributed by atoms with Crippen molar-refractivity contribution in [2.45, 2.75) is 38.3 Å². The number of nitrogens with one attached hydrogen (secondary N) is 1. The maximum atomic E-state index is 5.99. The number of aromatic nitrogens is 1. The van der Waals surface area contributed by atoms with E-state index in [0.717, 1.165) is 41.7 Å². The number of fused-ring (bicyclic) bond motifs is 1. The fourth-order valence-corrected chi connectivity index (χ4v) is 2.90. The number of pyridine rings is 1. The number of benzene rings is 1. The van der Waals surface area contributed by atoms with Crippen LogP contribution in [0, 0.1) is 0 Å². The Kier molecular flexibility index (Phi) is 3.26. The van der Waals surface area contributed by atoms with E-state index in [1.165, 1.54) is 0 Å². The van der Waals surface area contributed by atoms with Crippen LogP contribution in [0.4, 0.5) is 11.4 Å². The molecule has 1 atom stereocenters. The van der Waals surface area contributed by atoms with E-state index in [1.54, 1.807) is 0 Å². The van der Waals surface area contributed by atoms with Crippen LogP contribution < -0.4 is 11.1 Å². The molecule has 20 heavy (non-hydrogen) atoms. The third-order valence-electron chi connectivity index (χ3n) is 3.86. The Hall–Kier alpha value is -1.81. The van der Waals surface area contributed by atoms with Gasteiger partial charge >= 0.3 is 0 Å². The van der Waals surface area contributed by atoms with Gasteiger partial charge in [-0.1, -0.05) is 12.1 Å². The van der Waals surface area contributed by atoms with Crippen LogP contribution in [0.5, 0.6) is 0 Å². The van der Waals surface area contributed by atoms with E-state index in [-0.39, 0.29) is 5.60 Å². The minimum Gasteiger partial charge on any atom is -0.397 e. The molecule has 0 saturated carbocycles. The molecule has 1 aliphatic rings. The first-order chi connectivity index (χ1) is 9.55. The maximum absolute atomic E-state index is 5.99. The van der Waals surface area contributed by atoms with E-state index in [4.69, 9.17) is 10.5 Å². The zero-order valence-electron chi connectivity index (χ0n) is 12.0. The van der Waals surface area contributed by atoms with E-state index < -0.39 is 0 Å². The van der Waals surface area contributed by atoms with E-state index in [0.29, 0.717) is 6.04 Å². The molecule has 1 aromatic heterocycles. The van der Waals surface area contributed by atoms with Gasteiger partial charge in [-0.3, -0.25) is 4.98 Å². The van der Waals surface area contributed by atoms with Gasteiger partial charge in [0.25, 0.3) is 0 Å². The summed E-state index contributed by atoms with van der Waals surface area (Å²) in [6.07, 6.45) is 3.83. The molecule has 0 radical (unpaired) electrons. The number of ether oxygens (including phenoxy) is 1. The van der Waals surface area contributed by atoms with Crippen molar-refractivity contribution >= 4 is 22.3 Å². The zero-order chi connectivity index (χ0) is 14.2. The molecule has 3 rings (SSSR count). The number of para-hydroxylation sites is 1. The van der Waals surface area contributed by atoms with Crippen LogP contribution in [0.2, 0.25) is 0 Å². The Morgan fingerprint density at radius 2 is 2.20 bits per heavy atom. The summed E-state index contributed by atoms with van der Waals surface area (Å²) < 4.78 is 5.77. The van der Waals surface area contributed by atoms with Gasteiger partial charge in [-0.2, -0.15) is 0 Å². The van der Waals surface area contributed by atoms with Gasteiger partial charge < -0.3 is 15.8 Å². The van der Waals surface area contributed by atoms with Gasteiger partial charge in [-0.05, 0) is 38.8 Å². The third kappa shape index (κ3) is 2.56. The Labute approximate surface area is 119 Å². The lowest BCUT2D eigenvalue weighted by atomic mass is 9.93. The smallest absolute Gasteiger partial charge is 0.0951 e. The normalized spacial score (nSPS) is 21.8. The number of anilines is 2. The number of rotatable bonds is 2. The number of nitrogens with zero attached hydrogens (tertiary/aromatic N) is 1. The van der Waals surface area contributed by atoms with Crippen molar-refractivity contribution < 1.29 is 4.74 Å². The lowest BCUT2D eigenvalue weighted by molar-refractivity contribution is -0.0553. The first kappa shape index (κ1) is 13.2. The summed E-state index contributed by atoms with van der Waals surface area (Å²) in [4.78, 5) is 4.37. The highest BCUT2D eigenvalue weighted by molar-refractivity contribution is 5.97. The standard InChI is InChI=1S/C16H21N3O/c1-16(2)10-11(7-9-20-16)19-14-6-8-18-15-12(14)4-3-5-13(15)17/h3-6,8,11H,7,9-10,17H2,1-2H3,(H,18,19). The maximum Gasteiger partial charge on any atom is 0.0951 e. The number of hydrogen-bond donors (Lipinski definition) is 2. The Balaban J connectivity index is 1.89. The molecule has 0 bridgehead atoms. The van der Waals surface area contributed by atoms with Crippen molar-refractivity contribution in [2.75, 3.05) is 17.7 Å². The molecule has 3 N–H and O–H groups in total. The average Bonchev–Trinajstić information content (AvgIpc) is 2.39. The van der Waals surface area contributed by atoms with E-state index in [9.17, 15) is 0 Å². The molecule has 0 aliphatic carbocycles. The van der Waals surface area contributed by atoms with Crippen LogP contribution in [0.1, 0.15) is 26.7 Å². The SMILES string of the molecule is CC1(C)CC(Nc2ccnc3c(N)cccc23)CCO1. The van der Waals surface area contributed by atoms with Crippen molar-refractivity contribution in [1.82, 2.24) is 4.98 Å². The fraction of sp³-hybridized carbons (Fsp3) is 0.438. The van der Waals surface area contributed by atoms with Gasteiger partial charge in [0.15, 0.2) is 0 Å². The number of hydrogen-bond acceptors (Lipinski definition) is 4. The van der Waals surface area contributed by atoms with Crippen molar-refractivity contribution in [3.05, 3.63) is 30.5 Å². The molecular weight excluding hydrogens is 250 g/mol. The van der Waals surface area contributed by atoms with Crippen LogP contribution in [-0.2, 0) is 4.74 Å². The highest BCUT2D eigenvalue weighted by atomic mass is 16.5. The molecule has 1 aromatic carbocycles. The predicted octanol–water partition coefficient (Wildman–Crippen LogP) is 3.19. The summed E-state index contributed by atoms with van der Waals surface area (Å²) in [5, 5.41) is 4.71. The lowest BCUT2D eigenvalue weighted by Crippen LogP contribution is -2.40.